The maximum absolute atomic E-state index is 13.0. The average molecular weight is 376 g/mol. The number of nitrogens with zero attached hydrogens (tertiary/aromatic N) is 1. The molecule has 0 unspecified atom stereocenters. The van der Waals surface area contributed by atoms with Crippen molar-refractivity contribution < 1.29 is 14.3 Å². The van der Waals surface area contributed by atoms with Gasteiger partial charge in [-0.2, -0.15) is 0 Å². The second-order valence-corrected chi connectivity index (χ2v) is 7.18. The number of ketones is 1. The molecule has 0 aliphatic carbocycles. The molecule has 3 aromatic rings. The first-order valence-electron chi connectivity index (χ1n) is 9.42. The lowest BCUT2D eigenvalue weighted by atomic mass is 9.92. The molecule has 0 radical (unpaired) electrons. The van der Waals surface area contributed by atoms with E-state index in [2.05, 4.69) is 16.9 Å². The van der Waals surface area contributed by atoms with Gasteiger partial charge in [0.15, 0.2) is 17.3 Å². The van der Waals surface area contributed by atoms with Crippen LogP contribution in [0.2, 0.25) is 0 Å². The summed E-state index contributed by atoms with van der Waals surface area (Å²) in [5, 5.41) is 1.10. The van der Waals surface area contributed by atoms with Crippen LogP contribution >= 0.6 is 0 Å². The Morgan fingerprint density at radius 1 is 1.11 bits per heavy atom. The molecule has 28 heavy (non-hydrogen) atoms. The topological polar surface area (TPSA) is 63.7 Å². The highest BCUT2D eigenvalue weighted by atomic mass is 16.5. The highest BCUT2D eigenvalue weighted by molar-refractivity contribution is 6.17. The number of aliphatic imine (C=N–C) groups is 1. The van der Waals surface area contributed by atoms with E-state index in [1.54, 1.807) is 14.2 Å². The van der Waals surface area contributed by atoms with Crippen LogP contribution in [-0.4, -0.2) is 37.2 Å². The van der Waals surface area contributed by atoms with Crippen molar-refractivity contribution in [2.45, 2.75) is 26.7 Å². The summed E-state index contributed by atoms with van der Waals surface area (Å²) in [7, 11) is 3.25. The van der Waals surface area contributed by atoms with Crippen molar-refractivity contribution in [1.29, 1.82) is 0 Å². The fourth-order valence-corrected chi connectivity index (χ4v) is 3.83. The van der Waals surface area contributed by atoms with Crippen molar-refractivity contribution in [3.05, 3.63) is 58.3 Å². The molecule has 0 fully saturated rings. The largest absolute Gasteiger partial charge is 0.493 e. The molecule has 2 heterocycles. The van der Waals surface area contributed by atoms with Gasteiger partial charge in [-0.15, -0.1) is 0 Å². The second kappa shape index (κ2) is 7.15. The van der Waals surface area contributed by atoms with Gasteiger partial charge in [-0.05, 0) is 61.7 Å². The van der Waals surface area contributed by atoms with Crippen molar-refractivity contribution in [3.63, 3.8) is 0 Å². The van der Waals surface area contributed by atoms with Crippen molar-refractivity contribution in [2.75, 3.05) is 20.8 Å². The number of carbonyl (C=O) groups is 1. The van der Waals surface area contributed by atoms with Crippen molar-refractivity contribution in [1.82, 2.24) is 4.98 Å². The smallest absolute Gasteiger partial charge is 0.168 e. The Balaban J connectivity index is 1.66. The van der Waals surface area contributed by atoms with E-state index >= 15 is 0 Å². The van der Waals surface area contributed by atoms with Gasteiger partial charge in [0, 0.05) is 34.3 Å². The lowest BCUT2D eigenvalue weighted by Crippen LogP contribution is -2.17. The zero-order valence-corrected chi connectivity index (χ0v) is 16.7. The quantitative estimate of drug-likeness (QED) is 0.671. The van der Waals surface area contributed by atoms with Crippen LogP contribution in [0.5, 0.6) is 11.5 Å². The van der Waals surface area contributed by atoms with Gasteiger partial charge in [0.05, 0.1) is 26.4 Å². The summed E-state index contributed by atoms with van der Waals surface area (Å²) in [6, 6.07) is 9.77. The molecule has 5 heteroatoms. The number of methoxy groups -OCH3 is 2. The summed E-state index contributed by atoms with van der Waals surface area (Å²) in [5.41, 5.74) is 7.02. The summed E-state index contributed by atoms with van der Waals surface area (Å²) in [6.45, 7) is 4.80. The average Bonchev–Trinajstić information content (AvgIpc) is 3.00. The number of Topliss-reactive ketones (excluding diaryl/α,β-unsaturated/α-hetero) is 1. The van der Waals surface area contributed by atoms with Gasteiger partial charge in [0.2, 0.25) is 0 Å². The van der Waals surface area contributed by atoms with Gasteiger partial charge in [-0.3, -0.25) is 9.79 Å². The third-order valence-electron chi connectivity index (χ3n) is 5.56. The second-order valence-electron chi connectivity index (χ2n) is 7.18. The van der Waals surface area contributed by atoms with E-state index in [-0.39, 0.29) is 12.2 Å². The SMILES string of the molecule is COc1cc2c(cc1OC)C(CC(=O)c1ccc3[nH]c(C)c(C)c3c1)=NCC2. The first-order chi connectivity index (χ1) is 13.5. The molecule has 1 N–H and O–H groups in total. The van der Waals surface area contributed by atoms with Gasteiger partial charge >= 0.3 is 0 Å². The molecule has 0 amide bonds. The highest BCUT2D eigenvalue weighted by Crippen LogP contribution is 2.33. The molecule has 0 saturated carbocycles. The number of carbonyl (C=O) groups excluding carboxylic acids is 1. The molecule has 2 aromatic carbocycles. The van der Waals surface area contributed by atoms with E-state index in [1.165, 1.54) is 5.56 Å². The fourth-order valence-electron chi connectivity index (χ4n) is 3.83. The van der Waals surface area contributed by atoms with Crippen molar-refractivity contribution >= 4 is 22.4 Å². The van der Waals surface area contributed by atoms with Crippen LogP contribution in [0.25, 0.3) is 10.9 Å². The van der Waals surface area contributed by atoms with Gasteiger partial charge in [-0.25, -0.2) is 0 Å². The van der Waals surface area contributed by atoms with Crippen molar-refractivity contribution in [2.24, 2.45) is 4.99 Å². The number of benzene rings is 2. The Hall–Kier alpha value is -3.08. The predicted octanol–water partition coefficient (Wildman–Crippen LogP) is 4.42. The van der Waals surface area contributed by atoms with E-state index in [0.717, 1.165) is 39.9 Å². The number of rotatable bonds is 5. The Kier molecular flexibility index (Phi) is 4.67. The first-order valence-corrected chi connectivity index (χ1v) is 9.42. The molecular formula is C23H24N2O3. The number of hydrogen-bond donors (Lipinski definition) is 1. The maximum Gasteiger partial charge on any atom is 0.168 e. The standard InChI is InChI=1S/C23H24N2O3/c1-13-14(2)25-19-6-5-16(9-17(13)19)21(26)12-20-18-11-23(28-4)22(27-3)10-15(18)7-8-24-20/h5-6,9-11,25H,7-8,12H2,1-4H3. The maximum atomic E-state index is 13.0. The number of aromatic nitrogens is 1. The lowest BCUT2D eigenvalue weighted by molar-refractivity contribution is 0.100. The van der Waals surface area contributed by atoms with E-state index < -0.39 is 0 Å². The Bertz CT molecular complexity index is 1110. The Morgan fingerprint density at radius 3 is 2.61 bits per heavy atom. The molecule has 1 aromatic heterocycles. The summed E-state index contributed by atoms with van der Waals surface area (Å²) in [6.07, 6.45) is 1.11. The monoisotopic (exact) mass is 376 g/mol. The first kappa shape index (κ1) is 18.3. The summed E-state index contributed by atoms with van der Waals surface area (Å²) in [5.74, 6) is 1.43. The molecule has 0 spiro atoms. The number of fused-ring (bicyclic) bond motifs is 2. The van der Waals surface area contributed by atoms with E-state index in [9.17, 15) is 4.79 Å². The molecule has 1 aliphatic heterocycles. The van der Waals surface area contributed by atoms with Crippen LogP contribution < -0.4 is 9.47 Å². The third-order valence-corrected chi connectivity index (χ3v) is 5.56. The lowest BCUT2D eigenvalue weighted by Gasteiger charge is -2.19. The minimum Gasteiger partial charge on any atom is -0.493 e. The molecule has 0 bridgehead atoms. The summed E-state index contributed by atoms with van der Waals surface area (Å²) in [4.78, 5) is 21.0. The highest BCUT2D eigenvalue weighted by Gasteiger charge is 2.21. The van der Waals surface area contributed by atoms with E-state index in [0.29, 0.717) is 23.6 Å². The number of hydrogen-bond acceptors (Lipinski definition) is 4. The summed E-state index contributed by atoms with van der Waals surface area (Å²) < 4.78 is 10.8. The van der Waals surface area contributed by atoms with Gasteiger partial charge in [0.25, 0.3) is 0 Å². The molecule has 0 saturated heterocycles. The number of nitrogens with one attached hydrogen (secondary N) is 1. The number of ether oxygens (including phenoxy) is 2. The fraction of sp³-hybridized carbons (Fsp3) is 0.304. The van der Waals surface area contributed by atoms with Crippen LogP contribution in [0.1, 0.15) is 39.2 Å². The van der Waals surface area contributed by atoms with Gasteiger partial charge in [0.1, 0.15) is 0 Å². The van der Waals surface area contributed by atoms with Crippen LogP contribution in [0.4, 0.5) is 0 Å². The minimum atomic E-state index is 0.0709. The van der Waals surface area contributed by atoms with Crippen LogP contribution in [0, 0.1) is 13.8 Å². The van der Waals surface area contributed by atoms with Gasteiger partial charge < -0.3 is 14.5 Å². The van der Waals surface area contributed by atoms with Crippen molar-refractivity contribution in [3.8, 4) is 11.5 Å². The van der Waals surface area contributed by atoms with E-state index in [1.807, 2.05) is 37.3 Å². The summed E-state index contributed by atoms with van der Waals surface area (Å²) >= 11 is 0. The number of aromatic amines is 1. The normalized spacial score (nSPS) is 13.2. The Labute approximate surface area is 164 Å². The van der Waals surface area contributed by atoms with Crippen LogP contribution in [-0.2, 0) is 6.42 Å². The van der Waals surface area contributed by atoms with Crippen LogP contribution in [0.3, 0.4) is 0 Å². The molecular weight excluding hydrogens is 352 g/mol. The number of H-pyrrole nitrogens is 1. The number of aryl methyl sites for hydroxylation is 2. The predicted molar refractivity (Wildman–Crippen MR) is 111 cm³/mol. The third kappa shape index (κ3) is 3.07. The van der Waals surface area contributed by atoms with E-state index in [4.69, 9.17) is 9.47 Å². The molecule has 1 aliphatic rings. The molecule has 5 nitrogen and oxygen atoms in total. The zero-order valence-electron chi connectivity index (χ0n) is 16.7. The molecule has 144 valence electrons. The zero-order chi connectivity index (χ0) is 19.8. The minimum absolute atomic E-state index is 0.0709. The van der Waals surface area contributed by atoms with Gasteiger partial charge in [-0.1, -0.05) is 0 Å². The van der Waals surface area contributed by atoms with Crippen LogP contribution in [0.15, 0.2) is 35.3 Å². The Morgan fingerprint density at radius 2 is 1.86 bits per heavy atom. The molecule has 4 rings (SSSR count). The molecule has 0 atom stereocenters.